The number of fused-ring (bicyclic) bond motifs is 5. The number of methoxy groups -OCH3 is 1. The molecule has 8 nitrogen and oxygen atoms in total. The van der Waals surface area contributed by atoms with Gasteiger partial charge in [-0.1, -0.05) is 34.6 Å². The first-order chi connectivity index (χ1) is 19.3. The smallest absolute Gasteiger partial charge is 0.186 e. The Morgan fingerprint density at radius 2 is 1.56 bits per heavy atom. The lowest BCUT2D eigenvalue weighted by atomic mass is 9.43. The molecule has 4 aliphatic carbocycles. The standard InChI is InChI=1S/C33H58O8/c1-17(2)24(34)8-7-18(3)22-15-26(36)28-20-14-25(35)23-13-19(41-31-30(39-6)29(38)27(37)16-40-31)9-11-32(23,4)21(20)10-12-33(22,28)5/h17-31,34-38H,7-16H2,1-6H3. The highest BCUT2D eigenvalue weighted by Gasteiger charge is 2.65. The van der Waals surface area contributed by atoms with Gasteiger partial charge in [0.15, 0.2) is 6.29 Å². The topological polar surface area (TPSA) is 129 Å². The second-order valence-corrected chi connectivity index (χ2v) is 15.5. The highest BCUT2D eigenvalue weighted by molar-refractivity contribution is 5.13. The van der Waals surface area contributed by atoms with Gasteiger partial charge in [-0.2, -0.15) is 0 Å². The molecule has 0 spiro atoms. The van der Waals surface area contributed by atoms with E-state index in [0.717, 1.165) is 57.8 Å². The van der Waals surface area contributed by atoms with E-state index in [2.05, 4.69) is 34.6 Å². The van der Waals surface area contributed by atoms with E-state index in [1.807, 2.05) is 0 Å². The van der Waals surface area contributed by atoms with Gasteiger partial charge in [-0.25, -0.2) is 0 Å². The zero-order chi connectivity index (χ0) is 29.9. The first-order valence-corrected chi connectivity index (χ1v) is 16.5. The van der Waals surface area contributed by atoms with E-state index in [1.54, 1.807) is 0 Å². The summed E-state index contributed by atoms with van der Waals surface area (Å²) in [5, 5.41) is 54.0. The van der Waals surface area contributed by atoms with E-state index in [-0.39, 0.29) is 53.5 Å². The second-order valence-electron chi connectivity index (χ2n) is 15.5. The molecule has 16 unspecified atom stereocenters. The number of rotatable bonds is 8. The summed E-state index contributed by atoms with van der Waals surface area (Å²) in [4.78, 5) is 0. The van der Waals surface area contributed by atoms with Gasteiger partial charge >= 0.3 is 0 Å². The molecule has 1 saturated heterocycles. The quantitative estimate of drug-likeness (QED) is 0.275. The largest absolute Gasteiger partial charge is 0.393 e. The molecule has 1 heterocycles. The minimum absolute atomic E-state index is 0.00629. The molecule has 8 heteroatoms. The van der Waals surface area contributed by atoms with E-state index < -0.39 is 30.7 Å². The van der Waals surface area contributed by atoms with Crippen molar-refractivity contribution in [2.24, 2.45) is 52.3 Å². The van der Waals surface area contributed by atoms with E-state index in [0.29, 0.717) is 23.7 Å². The van der Waals surface area contributed by atoms with Crippen molar-refractivity contribution in [2.45, 2.75) is 141 Å². The molecule has 5 N–H and O–H groups in total. The van der Waals surface area contributed by atoms with Gasteiger partial charge in [0.1, 0.15) is 18.3 Å². The van der Waals surface area contributed by atoms with Crippen LogP contribution in [0.1, 0.15) is 92.4 Å². The van der Waals surface area contributed by atoms with E-state index in [4.69, 9.17) is 14.2 Å². The van der Waals surface area contributed by atoms with Crippen molar-refractivity contribution < 1.29 is 39.7 Å². The second kappa shape index (κ2) is 12.2. The summed E-state index contributed by atoms with van der Waals surface area (Å²) in [5.41, 5.74) is 0.0447. The molecule has 0 aromatic carbocycles. The Morgan fingerprint density at radius 3 is 2.24 bits per heavy atom. The molecule has 0 aromatic rings. The van der Waals surface area contributed by atoms with Gasteiger partial charge in [0.25, 0.3) is 0 Å². The van der Waals surface area contributed by atoms with Crippen molar-refractivity contribution in [3.8, 4) is 0 Å². The number of aliphatic hydroxyl groups is 5. The Morgan fingerprint density at radius 1 is 0.854 bits per heavy atom. The summed E-state index contributed by atoms with van der Waals surface area (Å²) in [6, 6.07) is 0. The first-order valence-electron chi connectivity index (χ1n) is 16.5. The zero-order valence-electron chi connectivity index (χ0n) is 26.2. The lowest BCUT2D eigenvalue weighted by Gasteiger charge is -2.62. The van der Waals surface area contributed by atoms with Gasteiger partial charge in [-0.05, 0) is 110 Å². The number of hydrogen-bond acceptors (Lipinski definition) is 8. The Balaban J connectivity index is 1.27. The van der Waals surface area contributed by atoms with Crippen LogP contribution in [0.15, 0.2) is 0 Å². The maximum Gasteiger partial charge on any atom is 0.186 e. The van der Waals surface area contributed by atoms with E-state index in [1.165, 1.54) is 7.11 Å². The van der Waals surface area contributed by atoms with Crippen molar-refractivity contribution in [3.63, 3.8) is 0 Å². The first kappa shape index (κ1) is 32.1. The summed E-state index contributed by atoms with van der Waals surface area (Å²) >= 11 is 0. The van der Waals surface area contributed by atoms with Crippen LogP contribution in [0.5, 0.6) is 0 Å². The normalized spacial score (nSPS) is 51.5. The maximum atomic E-state index is 11.7. The van der Waals surface area contributed by atoms with Gasteiger partial charge < -0.3 is 39.7 Å². The fourth-order valence-electron chi connectivity index (χ4n) is 10.7. The number of aliphatic hydroxyl groups excluding tert-OH is 5. The minimum Gasteiger partial charge on any atom is -0.393 e. The Hall–Kier alpha value is -0.320. The van der Waals surface area contributed by atoms with Crippen LogP contribution in [0.3, 0.4) is 0 Å². The molecule has 5 fully saturated rings. The molecule has 4 saturated carbocycles. The van der Waals surface area contributed by atoms with Crippen LogP contribution in [0, 0.1) is 52.3 Å². The highest BCUT2D eigenvalue weighted by atomic mass is 16.7. The van der Waals surface area contributed by atoms with Gasteiger partial charge in [0.2, 0.25) is 0 Å². The molecule has 5 rings (SSSR count). The fraction of sp³-hybridized carbons (Fsp3) is 1.00. The van der Waals surface area contributed by atoms with Crippen molar-refractivity contribution in [1.82, 2.24) is 0 Å². The highest BCUT2D eigenvalue weighted by Crippen LogP contribution is 2.68. The molecule has 5 aliphatic rings. The molecule has 0 radical (unpaired) electrons. The van der Waals surface area contributed by atoms with Crippen molar-refractivity contribution >= 4 is 0 Å². The lowest BCUT2D eigenvalue weighted by molar-refractivity contribution is -0.296. The van der Waals surface area contributed by atoms with Crippen LogP contribution in [0.2, 0.25) is 0 Å². The van der Waals surface area contributed by atoms with Gasteiger partial charge in [0.05, 0.1) is 31.0 Å². The Kier molecular flexibility index (Phi) is 9.57. The van der Waals surface area contributed by atoms with Crippen LogP contribution in [0.4, 0.5) is 0 Å². The molecule has 41 heavy (non-hydrogen) atoms. The summed E-state index contributed by atoms with van der Waals surface area (Å²) in [6.07, 6.45) is 3.43. The van der Waals surface area contributed by atoms with Crippen LogP contribution < -0.4 is 0 Å². The molecule has 0 bridgehead atoms. The van der Waals surface area contributed by atoms with Gasteiger partial charge in [0, 0.05) is 7.11 Å². The molecular formula is C33H58O8. The summed E-state index contributed by atoms with van der Waals surface area (Å²) < 4.78 is 17.5. The molecule has 0 aromatic heterocycles. The average Bonchev–Trinajstić information content (AvgIpc) is 3.20. The molecule has 16 atom stereocenters. The van der Waals surface area contributed by atoms with Crippen LogP contribution in [-0.2, 0) is 14.2 Å². The third kappa shape index (κ3) is 5.67. The summed E-state index contributed by atoms with van der Waals surface area (Å²) in [5.74, 6) is 2.25. The monoisotopic (exact) mass is 582 g/mol. The Labute approximate surface area is 247 Å². The fourth-order valence-corrected chi connectivity index (χ4v) is 10.7. The molecular weight excluding hydrogens is 524 g/mol. The van der Waals surface area contributed by atoms with Crippen LogP contribution in [-0.4, -0.2) is 88.3 Å². The lowest BCUT2D eigenvalue weighted by Crippen LogP contribution is -2.60. The number of ether oxygens (including phenoxy) is 3. The maximum absolute atomic E-state index is 11.7. The Bertz CT molecular complexity index is 885. The van der Waals surface area contributed by atoms with E-state index in [9.17, 15) is 25.5 Å². The average molecular weight is 583 g/mol. The number of hydrogen-bond donors (Lipinski definition) is 5. The predicted molar refractivity (Wildman–Crippen MR) is 155 cm³/mol. The van der Waals surface area contributed by atoms with Crippen molar-refractivity contribution in [3.05, 3.63) is 0 Å². The van der Waals surface area contributed by atoms with Gasteiger partial charge in [-0.3, -0.25) is 0 Å². The summed E-state index contributed by atoms with van der Waals surface area (Å²) in [6.45, 7) is 11.3. The third-order valence-electron chi connectivity index (χ3n) is 13.1. The third-order valence-corrected chi connectivity index (χ3v) is 13.1. The SMILES string of the molecule is COC1C(OC2CCC3(C)C(C2)C(O)CC2C3CCC3(C)C(C(C)CCC(O)C(C)C)CC(O)C23)OCC(O)C1O. The molecule has 238 valence electrons. The molecule has 1 aliphatic heterocycles. The van der Waals surface area contributed by atoms with Crippen LogP contribution in [0.25, 0.3) is 0 Å². The van der Waals surface area contributed by atoms with E-state index >= 15 is 0 Å². The summed E-state index contributed by atoms with van der Waals surface area (Å²) in [7, 11) is 1.49. The molecule has 0 amide bonds. The van der Waals surface area contributed by atoms with Crippen LogP contribution >= 0.6 is 0 Å². The predicted octanol–water partition coefficient (Wildman–Crippen LogP) is 3.50. The minimum atomic E-state index is -1.06. The zero-order valence-corrected chi connectivity index (χ0v) is 26.2. The van der Waals surface area contributed by atoms with Gasteiger partial charge in [-0.15, -0.1) is 0 Å². The van der Waals surface area contributed by atoms with Crippen molar-refractivity contribution in [2.75, 3.05) is 13.7 Å². The van der Waals surface area contributed by atoms with Crippen molar-refractivity contribution in [1.29, 1.82) is 0 Å².